The Kier molecular flexibility index (Phi) is 6.61. The smallest absolute Gasteiger partial charge is 0.407 e. The SMILES string of the molecule is N=C(OC(N)=NC1N=C(c2ccccc2)c2ccccc2NC1=O)c1cnc(C(F)(F)F)nc1N1CC2CC(C1)O2. The summed E-state index contributed by atoms with van der Waals surface area (Å²) in [5, 5.41) is 11.2. The molecule has 4 aliphatic heterocycles. The second-order valence-corrected chi connectivity index (χ2v) is 9.60. The van der Waals surface area contributed by atoms with Gasteiger partial charge in [-0.2, -0.15) is 18.2 Å². The number of rotatable bonds is 4. The van der Waals surface area contributed by atoms with E-state index in [1.54, 1.807) is 17.0 Å². The lowest BCUT2D eigenvalue weighted by Crippen LogP contribution is -2.58. The van der Waals surface area contributed by atoms with Gasteiger partial charge in [0.05, 0.1) is 29.2 Å². The minimum Gasteiger partial charge on any atom is -0.407 e. The molecule has 3 saturated heterocycles. The van der Waals surface area contributed by atoms with Gasteiger partial charge < -0.3 is 25.4 Å². The topological polar surface area (TPSA) is 151 Å². The minimum atomic E-state index is -4.79. The number of ether oxygens (including phenoxy) is 2. The second-order valence-electron chi connectivity index (χ2n) is 9.60. The number of morpholine rings is 1. The Bertz CT molecular complexity index is 1560. The number of aliphatic imine (C=N–C) groups is 2. The Labute approximate surface area is 231 Å². The summed E-state index contributed by atoms with van der Waals surface area (Å²) in [6, 6.07) is 15.7. The molecule has 0 radical (unpaired) electrons. The molecule has 14 heteroatoms. The number of amidine groups is 1. The van der Waals surface area contributed by atoms with Crippen molar-refractivity contribution in [2.75, 3.05) is 23.3 Å². The number of nitrogens with two attached hydrogens (primary N) is 1. The highest BCUT2D eigenvalue weighted by atomic mass is 19.4. The van der Waals surface area contributed by atoms with Crippen LogP contribution in [0.15, 0.2) is 70.8 Å². The van der Waals surface area contributed by atoms with Crippen LogP contribution in [0.5, 0.6) is 0 Å². The maximum Gasteiger partial charge on any atom is 0.451 e. The number of hydrogen-bond donors (Lipinski definition) is 3. The molecule has 0 saturated carbocycles. The summed E-state index contributed by atoms with van der Waals surface area (Å²) in [6.07, 6.45) is -4.77. The van der Waals surface area contributed by atoms with Crippen LogP contribution in [0.2, 0.25) is 0 Å². The number of carbonyl (C=O) groups excluding carboxylic acids is 1. The average Bonchev–Trinajstić information content (AvgIpc) is 3.08. The Hall–Kier alpha value is -4.85. The van der Waals surface area contributed by atoms with Crippen molar-refractivity contribution in [3.8, 4) is 0 Å². The van der Waals surface area contributed by atoms with Gasteiger partial charge in [0, 0.05) is 36.8 Å². The number of hydrogen-bond acceptors (Lipinski definition) is 9. The van der Waals surface area contributed by atoms with Crippen LogP contribution in [0.25, 0.3) is 0 Å². The first kappa shape index (κ1) is 26.4. The lowest BCUT2D eigenvalue weighted by Gasteiger charge is -2.47. The maximum absolute atomic E-state index is 13.4. The number of amides is 1. The predicted molar refractivity (Wildman–Crippen MR) is 143 cm³/mol. The highest BCUT2D eigenvalue weighted by Crippen LogP contribution is 2.34. The Balaban J connectivity index is 1.30. The predicted octanol–water partition coefficient (Wildman–Crippen LogP) is 2.95. The van der Waals surface area contributed by atoms with Gasteiger partial charge in [-0.1, -0.05) is 48.5 Å². The fourth-order valence-electron chi connectivity index (χ4n) is 4.91. The van der Waals surface area contributed by atoms with Gasteiger partial charge in [0.2, 0.25) is 17.9 Å². The van der Waals surface area contributed by atoms with E-state index in [4.69, 9.17) is 20.6 Å². The number of carbonyl (C=O) groups is 1. The van der Waals surface area contributed by atoms with E-state index in [0.717, 1.165) is 18.2 Å². The van der Waals surface area contributed by atoms with Crippen LogP contribution in [0, 0.1) is 5.41 Å². The van der Waals surface area contributed by atoms with Crippen LogP contribution in [0.3, 0.4) is 0 Å². The van der Waals surface area contributed by atoms with E-state index in [9.17, 15) is 18.0 Å². The summed E-state index contributed by atoms with van der Waals surface area (Å²) in [4.78, 5) is 30.4. The zero-order chi connectivity index (χ0) is 28.7. The molecule has 1 aromatic heterocycles. The van der Waals surface area contributed by atoms with Crippen molar-refractivity contribution < 1.29 is 27.4 Å². The van der Waals surface area contributed by atoms with Crippen molar-refractivity contribution in [2.45, 2.75) is 31.0 Å². The largest absolute Gasteiger partial charge is 0.451 e. The Morgan fingerprint density at radius 2 is 1.80 bits per heavy atom. The molecular weight excluding hydrogens is 541 g/mol. The fraction of sp³-hybridized carbons (Fsp3) is 0.259. The van der Waals surface area contributed by atoms with Gasteiger partial charge in [0.1, 0.15) is 5.82 Å². The lowest BCUT2D eigenvalue weighted by molar-refractivity contribution is -0.145. The molecule has 2 bridgehead atoms. The molecule has 7 rings (SSSR count). The first-order valence-corrected chi connectivity index (χ1v) is 12.6. The van der Waals surface area contributed by atoms with E-state index < -0.39 is 36.0 Å². The molecule has 11 nitrogen and oxygen atoms in total. The van der Waals surface area contributed by atoms with Crippen molar-refractivity contribution >= 4 is 35.0 Å². The number of nitrogens with zero attached hydrogens (tertiary/aromatic N) is 5. The number of anilines is 2. The number of piperidine rings is 1. The summed E-state index contributed by atoms with van der Waals surface area (Å²) < 4.78 is 51.2. The molecule has 1 amide bonds. The van der Waals surface area contributed by atoms with Crippen molar-refractivity contribution in [3.05, 3.63) is 83.3 Å². The third-order valence-corrected chi connectivity index (χ3v) is 6.75. The molecule has 3 fully saturated rings. The quantitative estimate of drug-likeness (QED) is 0.326. The zero-order valence-electron chi connectivity index (χ0n) is 21.3. The number of para-hydroxylation sites is 1. The first-order valence-electron chi connectivity index (χ1n) is 12.6. The number of benzodiazepines with no additional fused rings is 1. The second kappa shape index (κ2) is 10.3. The Morgan fingerprint density at radius 1 is 1.12 bits per heavy atom. The summed E-state index contributed by atoms with van der Waals surface area (Å²) >= 11 is 0. The maximum atomic E-state index is 13.4. The standard InChI is InChI=1S/C27H23F3N8O3/c28-27(29,30)25-33-11-18(23(37-25)38-12-15-10-16(13-38)40-15)21(31)41-26(32)36-22-24(39)34-19-9-5-4-8-17(19)20(35-22)14-6-2-1-3-7-14/h1-9,11,15-16,22,31H,10,12-13H2,(H2,32,36)(H,34,39). The molecular formula is C27H23F3N8O3. The Morgan fingerprint density at radius 3 is 2.51 bits per heavy atom. The molecule has 210 valence electrons. The highest BCUT2D eigenvalue weighted by molar-refractivity contribution is 6.19. The van der Waals surface area contributed by atoms with Crippen LogP contribution < -0.4 is 16.0 Å². The molecule has 3 unspecified atom stereocenters. The molecule has 3 atom stereocenters. The van der Waals surface area contributed by atoms with E-state index in [0.29, 0.717) is 30.1 Å². The van der Waals surface area contributed by atoms with Crippen molar-refractivity contribution in [2.24, 2.45) is 15.7 Å². The van der Waals surface area contributed by atoms with E-state index >= 15 is 0 Å². The van der Waals surface area contributed by atoms with Crippen LogP contribution in [-0.2, 0) is 20.4 Å². The van der Waals surface area contributed by atoms with Crippen molar-refractivity contribution in [1.29, 1.82) is 5.41 Å². The number of halogens is 3. The van der Waals surface area contributed by atoms with E-state index in [1.165, 1.54) is 0 Å². The lowest BCUT2D eigenvalue weighted by atomic mass is 9.98. The molecule has 4 aliphatic rings. The number of benzene rings is 2. The third-order valence-electron chi connectivity index (χ3n) is 6.75. The van der Waals surface area contributed by atoms with Gasteiger partial charge in [-0.15, -0.1) is 0 Å². The zero-order valence-corrected chi connectivity index (χ0v) is 21.3. The molecule has 0 spiro atoms. The minimum absolute atomic E-state index is 0.122. The summed E-state index contributed by atoms with van der Waals surface area (Å²) in [5.41, 5.74) is 8.29. The molecule has 41 heavy (non-hydrogen) atoms. The number of nitrogens with one attached hydrogen (secondary N) is 2. The summed E-state index contributed by atoms with van der Waals surface area (Å²) in [6.45, 7) is 0.600. The first-order chi connectivity index (χ1) is 19.7. The summed E-state index contributed by atoms with van der Waals surface area (Å²) in [5.74, 6) is -2.70. The van der Waals surface area contributed by atoms with E-state index in [-0.39, 0.29) is 23.6 Å². The molecule has 4 N–H and O–H groups in total. The van der Waals surface area contributed by atoms with Gasteiger partial charge in [0.15, 0.2) is 0 Å². The van der Waals surface area contributed by atoms with Gasteiger partial charge in [-0.05, 0) is 6.07 Å². The molecule has 3 aromatic rings. The van der Waals surface area contributed by atoms with Crippen molar-refractivity contribution in [1.82, 2.24) is 9.97 Å². The van der Waals surface area contributed by atoms with Gasteiger partial charge in [-0.3, -0.25) is 10.2 Å². The van der Waals surface area contributed by atoms with Gasteiger partial charge in [0.25, 0.3) is 11.9 Å². The highest BCUT2D eigenvalue weighted by Gasteiger charge is 2.41. The fourth-order valence-corrected chi connectivity index (χ4v) is 4.91. The van der Waals surface area contributed by atoms with E-state index in [2.05, 4.69) is 25.3 Å². The van der Waals surface area contributed by atoms with Crippen molar-refractivity contribution in [3.63, 3.8) is 0 Å². The van der Waals surface area contributed by atoms with Crippen LogP contribution in [0.4, 0.5) is 24.7 Å². The molecule has 2 aromatic carbocycles. The molecule has 0 aliphatic carbocycles. The molecule has 5 heterocycles. The summed E-state index contributed by atoms with van der Waals surface area (Å²) in [7, 11) is 0. The average molecular weight is 565 g/mol. The number of alkyl halides is 3. The third kappa shape index (κ3) is 5.33. The normalized spacial score (nSPS) is 22.1. The number of fused-ring (bicyclic) bond motifs is 3. The van der Waals surface area contributed by atoms with Crippen LogP contribution in [0.1, 0.15) is 28.9 Å². The van der Waals surface area contributed by atoms with Crippen LogP contribution in [-0.4, -0.2) is 65.0 Å². The number of aromatic nitrogens is 2. The monoisotopic (exact) mass is 564 g/mol. The van der Waals surface area contributed by atoms with Crippen LogP contribution >= 0.6 is 0 Å². The van der Waals surface area contributed by atoms with E-state index in [1.807, 2.05) is 42.5 Å². The van der Waals surface area contributed by atoms with Gasteiger partial charge >= 0.3 is 6.18 Å². The van der Waals surface area contributed by atoms with Gasteiger partial charge in [-0.25, -0.2) is 15.0 Å².